The van der Waals surface area contributed by atoms with Gasteiger partial charge >= 0.3 is 8.60 Å². The number of nitrogens with one attached hydrogen (secondary N) is 1. The first-order valence-electron chi connectivity index (χ1n) is 12.2. The second-order valence-corrected chi connectivity index (χ2v) is 9.13. The second-order valence-electron chi connectivity index (χ2n) is 8.44. The summed E-state index contributed by atoms with van der Waals surface area (Å²) in [6.45, 7) is 5.77. The molecule has 37 heavy (non-hydrogen) atoms. The van der Waals surface area contributed by atoms with Crippen molar-refractivity contribution in [1.29, 1.82) is 0 Å². The third-order valence-corrected chi connectivity index (χ3v) is 6.30. The van der Waals surface area contributed by atoms with E-state index in [9.17, 15) is 14.9 Å². The van der Waals surface area contributed by atoms with Gasteiger partial charge < -0.3 is 38.9 Å². The summed E-state index contributed by atoms with van der Waals surface area (Å²) in [4.78, 5) is 18.4. The predicted octanol–water partition coefficient (Wildman–Crippen LogP) is 4.72. The summed E-state index contributed by atoms with van der Waals surface area (Å²) in [5, 5.41) is 13.2. The molecule has 0 aliphatic carbocycles. The van der Waals surface area contributed by atoms with Gasteiger partial charge in [-0.25, -0.2) is 0 Å². The first-order chi connectivity index (χ1) is 18.0. The Morgan fingerprint density at radius 2 is 1.51 bits per heavy atom. The van der Waals surface area contributed by atoms with Crippen LogP contribution in [0.25, 0.3) is 11.1 Å². The SMILES string of the molecule is CCNCC(O)COc1ccc(/C(=C(/CC)c2ccc3c(c2)OCO3)c2ccc(OP(O)O)cc2)cc1. The van der Waals surface area contributed by atoms with Crippen LogP contribution >= 0.6 is 8.60 Å². The van der Waals surface area contributed by atoms with Crippen LogP contribution in [-0.2, 0) is 0 Å². The van der Waals surface area contributed by atoms with Crippen LogP contribution in [0.5, 0.6) is 23.0 Å². The highest BCUT2D eigenvalue weighted by Crippen LogP contribution is 2.40. The molecule has 0 amide bonds. The summed E-state index contributed by atoms with van der Waals surface area (Å²) in [7, 11) is -2.49. The fraction of sp³-hybridized carbons (Fsp3) is 0.286. The molecule has 0 radical (unpaired) electrons. The first-order valence-corrected chi connectivity index (χ1v) is 13.4. The molecule has 1 aliphatic rings. The van der Waals surface area contributed by atoms with Crippen LogP contribution in [0.4, 0.5) is 0 Å². The van der Waals surface area contributed by atoms with E-state index >= 15 is 0 Å². The summed E-state index contributed by atoms with van der Waals surface area (Å²) in [5.74, 6) is 2.48. The highest BCUT2D eigenvalue weighted by molar-refractivity contribution is 7.39. The molecule has 4 rings (SSSR count). The summed E-state index contributed by atoms with van der Waals surface area (Å²) < 4.78 is 21.9. The van der Waals surface area contributed by atoms with Gasteiger partial charge in [0.15, 0.2) is 11.5 Å². The van der Waals surface area contributed by atoms with Crippen molar-refractivity contribution in [3.63, 3.8) is 0 Å². The van der Waals surface area contributed by atoms with Gasteiger partial charge in [-0.15, -0.1) is 0 Å². The molecular formula is C28H32NO7P. The van der Waals surface area contributed by atoms with Crippen molar-refractivity contribution in [2.45, 2.75) is 26.4 Å². The molecule has 1 unspecified atom stereocenters. The minimum atomic E-state index is -2.49. The Morgan fingerprint density at radius 3 is 2.14 bits per heavy atom. The molecule has 0 saturated carbocycles. The average molecular weight is 526 g/mol. The number of hydrogen-bond acceptors (Lipinski definition) is 8. The Balaban J connectivity index is 1.69. The molecule has 1 heterocycles. The van der Waals surface area contributed by atoms with Gasteiger partial charge in [0.1, 0.15) is 24.2 Å². The van der Waals surface area contributed by atoms with Gasteiger partial charge in [-0.2, -0.15) is 0 Å². The molecule has 9 heteroatoms. The standard InChI is InChI=1S/C28H32NO7P/c1-3-25(21-9-14-26-27(15-21)35-18-34-26)28(20-7-12-24(13-8-20)36-37(31)32)19-5-10-23(11-6-19)33-17-22(30)16-29-4-2/h5-15,22,29-32H,3-4,16-18H2,1-2H3/b28-25+. The van der Waals surface area contributed by atoms with E-state index in [2.05, 4.69) is 12.2 Å². The molecule has 3 aromatic rings. The van der Waals surface area contributed by atoms with Gasteiger partial charge in [0, 0.05) is 6.54 Å². The van der Waals surface area contributed by atoms with Crippen LogP contribution in [0.2, 0.25) is 0 Å². The molecule has 0 fully saturated rings. The van der Waals surface area contributed by atoms with E-state index in [0.29, 0.717) is 23.8 Å². The van der Waals surface area contributed by atoms with Gasteiger partial charge in [-0.1, -0.05) is 44.2 Å². The van der Waals surface area contributed by atoms with Crippen LogP contribution in [0.15, 0.2) is 66.7 Å². The van der Waals surface area contributed by atoms with E-state index < -0.39 is 14.7 Å². The van der Waals surface area contributed by atoms with Crippen LogP contribution < -0.4 is 24.1 Å². The third-order valence-electron chi connectivity index (χ3n) is 5.92. The van der Waals surface area contributed by atoms with Crippen molar-refractivity contribution in [2.24, 2.45) is 0 Å². The number of likely N-dealkylation sites (N-methyl/N-ethyl adjacent to an activating group) is 1. The van der Waals surface area contributed by atoms with E-state index in [1.54, 1.807) is 12.1 Å². The zero-order valence-electron chi connectivity index (χ0n) is 20.9. The Morgan fingerprint density at radius 1 is 0.892 bits per heavy atom. The number of ether oxygens (including phenoxy) is 3. The van der Waals surface area contributed by atoms with Crippen molar-refractivity contribution in [3.8, 4) is 23.0 Å². The topological polar surface area (TPSA) is 110 Å². The Hall–Kier alpha value is -3.13. The number of fused-ring (bicyclic) bond motifs is 1. The highest BCUT2D eigenvalue weighted by Gasteiger charge is 2.18. The zero-order valence-corrected chi connectivity index (χ0v) is 21.8. The van der Waals surface area contributed by atoms with Crippen molar-refractivity contribution in [1.82, 2.24) is 5.32 Å². The van der Waals surface area contributed by atoms with Crippen LogP contribution in [0.3, 0.4) is 0 Å². The lowest BCUT2D eigenvalue weighted by Crippen LogP contribution is -2.31. The summed E-state index contributed by atoms with van der Waals surface area (Å²) in [6, 6.07) is 20.9. The van der Waals surface area contributed by atoms with E-state index in [-0.39, 0.29) is 13.4 Å². The molecule has 3 aromatic carbocycles. The number of allylic oxidation sites excluding steroid dienone is 1. The zero-order chi connectivity index (χ0) is 26.2. The molecular weight excluding hydrogens is 493 g/mol. The number of aliphatic hydroxyl groups is 1. The Kier molecular flexibility index (Phi) is 9.39. The molecule has 1 aliphatic heterocycles. The maximum absolute atomic E-state index is 10.1. The van der Waals surface area contributed by atoms with Crippen molar-refractivity contribution >= 4 is 19.7 Å². The van der Waals surface area contributed by atoms with Gasteiger partial charge in [0.2, 0.25) is 6.79 Å². The Bertz CT molecular complexity index is 1200. The van der Waals surface area contributed by atoms with Gasteiger partial charge in [0.25, 0.3) is 0 Å². The molecule has 0 saturated heterocycles. The van der Waals surface area contributed by atoms with Crippen molar-refractivity contribution < 1.29 is 33.6 Å². The normalized spacial score (nSPS) is 13.9. The maximum Gasteiger partial charge on any atom is 0.391 e. The molecule has 196 valence electrons. The molecule has 1 atom stereocenters. The first kappa shape index (κ1) is 26.9. The third kappa shape index (κ3) is 7.01. The van der Waals surface area contributed by atoms with E-state index in [1.807, 2.05) is 61.5 Å². The van der Waals surface area contributed by atoms with E-state index in [1.165, 1.54) is 0 Å². The van der Waals surface area contributed by atoms with Gasteiger partial charge in [0.05, 0.1) is 0 Å². The minimum Gasteiger partial charge on any atom is -0.491 e. The smallest absolute Gasteiger partial charge is 0.391 e. The number of benzene rings is 3. The summed E-state index contributed by atoms with van der Waals surface area (Å²) in [5.41, 5.74) is 5.06. The largest absolute Gasteiger partial charge is 0.491 e. The van der Waals surface area contributed by atoms with Gasteiger partial charge in [-0.05, 0) is 77.2 Å². The lowest BCUT2D eigenvalue weighted by atomic mass is 9.88. The van der Waals surface area contributed by atoms with E-state index in [0.717, 1.165) is 46.6 Å². The average Bonchev–Trinajstić information content (AvgIpc) is 3.38. The molecule has 8 nitrogen and oxygen atoms in total. The minimum absolute atomic E-state index is 0.201. The van der Waals surface area contributed by atoms with Gasteiger partial charge in [-0.3, -0.25) is 0 Å². The van der Waals surface area contributed by atoms with Crippen LogP contribution in [0, 0.1) is 0 Å². The fourth-order valence-corrected chi connectivity index (χ4v) is 4.49. The summed E-state index contributed by atoms with van der Waals surface area (Å²) in [6.07, 6.45) is 0.160. The quantitative estimate of drug-likeness (QED) is 0.199. The fourth-order valence-electron chi connectivity index (χ4n) is 4.18. The van der Waals surface area contributed by atoms with Crippen LogP contribution in [-0.4, -0.2) is 47.5 Å². The molecule has 0 bridgehead atoms. The molecule has 4 N–H and O–H groups in total. The monoisotopic (exact) mass is 525 g/mol. The maximum atomic E-state index is 10.1. The lowest BCUT2D eigenvalue weighted by molar-refractivity contribution is 0.107. The number of aliphatic hydroxyl groups excluding tert-OH is 1. The van der Waals surface area contributed by atoms with Crippen molar-refractivity contribution in [2.75, 3.05) is 26.5 Å². The van der Waals surface area contributed by atoms with Crippen LogP contribution in [0.1, 0.15) is 37.0 Å². The Labute approximate surface area is 218 Å². The summed E-state index contributed by atoms with van der Waals surface area (Å²) >= 11 is 0. The lowest BCUT2D eigenvalue weighted by Gasteiger charge is -2.18. The van der Waals surface area contributed by atoms with Crippen molar-refractivity contribution in [3.05, 3.63) is 83.4 Å². The molecule has 0 spiro atoms. The molecule has 0 aromatic heterocycles. The van der Waals surface area contributed by atoms with E-state index in [4.69, 9.17) is 18.7 Å². The highest BCUT2D eigenvalue weighted by atomic mass is 31.2. The number of rotatable bonds is 12. The second kappa shape index (κ2) is 12.9. The predicted molar refractivity (Wildman–Crippen MR) is 144 cm³/mol. The number of hydrogen-bond donors (Lipinski definition) is 4.